The van der Waals surface area contributed by atoms with Crippen molar-refractivity contribution in [2.24, 2.45) is 0 Å². The lowest BCUT2D eigenvalue weighted by atomic mass is 9.93. The van der Waals surface area contributed by atoms with E-state index in [0.717, 1.165) is 0 Å². The van der Waals surface area contributed by atoms with Crippen molar-refractivity contribution in [3.05, 3.63) is 170 Å². The van der Waals surface area contributed by atoms with E-state index in [9.17, 15) is 0 Å². The van der Waals surface area contributed by atoms with E-state index < -0.39 is 0 Å². The summed E-state index contributed by atoms with van der Waals surface area (Å²) in [7, 11) is 0. The summed E-state index contributed by atoms with van der Waals surface area (Å²) in [4.78, 5) is 0. The molecule has 50 heavy (non-hydrogen) atoms. The Morgan fingerprint density at radius 1 is 0.200 bits per heavy atom. The molecule has 232 valence electrons. The van der Waals surface area contributed by atoms with Gasteiger partial charge in [0.2, 0.25) is 0 Å². The Morgan fingerprint density at radius 3 is 1.30 bits per heavy atom. The van der Waals surface area contributed by atoms with Gasteiger partial charge in [-0.2, -0.15) is 0 Å². The molecule has 0 bridgehead atoms. The van der Waals surface area contributed by atoms with Crippen molar-refractivity contribution >= 4 is 95.3 Å². The number of rotatable bonds is 3. The Morgan fingerprint density at radius 2 is 0.640 bits per heavy atom. The Kier molecular flexibility index (Phi) is 6.09. The van der Waals surface area contributed by atoms with Gasteiger partial charge in [-0.05, 0) is 114 Å². The van der Waals surface area contributed by atoms with Gasteiger partial charge in [0.1, 0.15) is 0 Å². The van der Waals surface area contributed by atoms with E-state index in [1.165, 1.54) is 106 Å². The van der Waals surface area contributed by atoms with Gasteiger partial charge in [0.15, 0.2) is 0 Å². The predicted molar refractivity (Wildman–Crippen MR) is 221 cm³/mol. The van der Waals surface area contributed by atoms with Crippen LogP contribution in [0.15, 0.2) is 170 Å². The van der Waals surface area contributed by atoms with Gasteiger partial charge >= 0.3 is 0 Å². The van der Waals surface area contributed by atoms with Gasteiger partial charge in [-0.25, -0.2) is 0 Å². The Balaban J connectivity index is 1.02. The minimum absolute atomic E-state index is 1.24. The second kappa shape index (κ2) is 10.9. The minimum atomic E-state index is 1.24. The van der Waals surface area contributed by atoms with Crippen LogP contribution in [0.25, 0.3) is 106 Å². The van der Waals surface area contributed by atoms with Crippen molar-refractivity contribution in [2.75, 3.05) is 0 Å². The van der Waals surface area contributed by atoms with Gasteiger partial charge < -0.3 is 0 Å². The summed E-state index contributed by atoms with van der Waals surface area (Å²) in [5, 5.41) is 13.3. The summed E-state index contributed by atoms with van der Waals surface area (Å²) in [6.07, 6.45) is 0. The predicted octanol–water partition coefficient (Wildman–Crippen LogP) is 14.9. The fraction of sp³-hybridized carbons (Fsp3) is 0. The number of hydrogen-bond donors (Lipinski definition) is 0. The molecular formula is C48H28S2. The lowest BCUT2D eigenvalue weighted by molar-refractivity contribution is 1.62. The third kappa shape index (κ3) is 4.29. The largest absolute Gasteiger partial charge is 0.135 e. The van der Waals surface area contributed by atoms with Crippen LogP contribution in [0.2, 0.25) is 0 Å². The summed E-state index contributed by atoms with van der Waals surface area (Å²) < 4.78 is 5.32. The third-order valence-electron chi connectivity index (χ3n) is 10.4. The van der Waals surface area contributed by atoms with E-state index in [0.29, 0.717) is 0 Å². The molecule has 11 rings (SSSR count). The van der Waals surface area contributed by atoms with Crippen LogP contribution >= 0.6 is 22.7 Å². The van der Waals surface area contributed by atoms with Crippen molar-refractivity contribution in [1.82, 2.24) is 0 Å². The highest BCUT2D eigenvalue weighted by Crippen LogP contribution is 2.43. The first-order valence-corrected chi connectivity index (χ1v) is 18.7. The molecule has 0 N–H and O–H groups in total. The molecule has 0 aliphatic rings. The highest BCUT2D eigenvalue weighted by Gasteiger charge is 2.14. The van der Waals surface area contributed by atoms with E-state index in [2.05, 4.69) is 170 Å². The number of fused-ring (bicyclic) bond motifs is 12. The number of thiophene rings is 2. The second-order valence-electron chi connectivity index (χ2n) is 13.3. The lowest BCUT2D eigenvalue weighted by Gasteiger charge is -2.10. The minimum Gasteiger partial charge on any atom is -0.135 e. The summed E-state index contributed by atoms with van der Waals surface area (Å²) in [6, 6.07) is 63.1. The first-order chi connectivity index (χ1) is 24.7. The molecule has 0 unspecified atom stereocenters. The monoisotopic (exact) mass is 668 g/mol. The van der Waals surface area contributed by atoms with E-state index in [-0.39, 0.29) is 0 Å². The SMILES string of the molecule is c1ccc(-c2ccc3sc4ccc(-c5cccc(-c6ccc7c(c6)sc6cc8c9ccccc9c9ccccc9c8cc67)c5)cc4c3c2)cc1. The van der Waals surface area contributed by atoms with Crippen LogP contribution in [0.5, 0.6) is 0 Å². The molecule has 0 nitrogen and oxygen atoms in total. The molecule has 0 saturated carbocycles. The first kappa shape index (κ1) is 28.1. The second-order valence-corrected chi connectivity index (χ2v) is 15.4. The normalized spacial score (nSPS) is 12.0. The molecule has 0 fully saturated rings. The molecule has 9 aromatic carbocycles. The molecule has 2 aromatic heterocycles. The van der Waals surface area contributed by atoms with Gasteiger partial charge in [-0.15, -0.1) is 22.7 Å². The highest BCUT2D eigenvalue weighted by atomic mass is 32.1. The van der Waals surface area contributed by atoms with Crippen molar-refractivity contribution in [1.29, 1.82) is 0 Å². The van der Waals surface area contributed by atoms with Gasteiger partial charge in [0, 0.05) is 40.3 Å². The van der Waals surface area contributed by atoms with Gasteiger partial charge in [0.05, 0.1) is 0 Å². The van der Waals surface area contributed by atoms with Crippen LogP contribution in [0.1, 0.15) is 0 Å². The van der Waals surface area contributed by atoms with Crippen LogP contribution < -0.4 is 0 Å². The number of benzene rings is 9. The van der Waals surface area contributed by atoms with Crippen LogP contribution in [0.3, 0.4) is 0 Å². The molecular weight excluding hydrogens is 641 g/mol. The van der Waals surface area contributed by atoms with Crippen molar-refractivity contribution in [3.63, 3.8) is 0 Å². The smallest absolute Gasteiger partial charge is 0.0362 e. The maximum atomic E-state index is 2.44. The zero-order chi connectivity index (χ0) is 32.8. The molecule has 0 radical (unpaired) electrons. The van der Waals surface area contributed by atoms with E-state index in [1.54, 1.807) is 0 Å². The molecule has 2 heterocycles. The average molecular weight is 669 g/mol. The lowest BCUT2D eigenvalue weighted by Crippen LogP contribution is -1.83. The van der Waals surface area contributed by atoms with Crippen molar-refractivity contribution in [2.45, 2.75) is 0 Å². The zero-order valence-electron chi connectivity index (χ0n) is 27.0. The van der Waals surface area contributed by atoms with E-state index in [4.69, 9.17) is 0 Å². The summed E-state index contributed by atoms with van der Waals surface area (Å²) >= 11 is 3.78. The van der Waals surface area contributed by atoms with Gasteiger partial charge in [0.25, 0.3) is 0 Å². The quantitative estimate of drug-likeness (QED) is 0.164. The van der Waals surface area contributed by atoms with Crippen LogP contribution in [-0.2, 0) is 0 Å². The maximum Gasteiger partial charge on any atom is 0.0362 e. The molecule has 0 atom stereocenters. The van der Waals surface area contributed by atoms with Gasteiger partial charge in [-0.1, -0.05) is 121 Å². The van der Waals surface area contributed by atoms with Crippen molar-refractivity contribution in [3.8, 4) is 33.4 Å². The van der Waals surface area contributed by atoms with E-state index in [1.807, 2.05) is 22.7 Å². The first-order valence-electron chi connectivity index (χ1n) is 17.1. The fourth-order valence-corrected chi connectivity index (χ4v) is 10.2. The van der Waals surface area contributed by atoms with Crippen LogP contribution in [0.4, 0.5) is 0 Å². The maximum absolute atomic E-state index is 2.44. The molecule has 0 amide bonds. The highest BCUT2D eigenvalue weighted by molar-refractivity contribution is 7.26. The Labute approximate surface area is 297 Å². The number of hydrogen-bond acceptors (Lipinski definition) is 2. The Bertz CT molecular complexity index is 3140. The molecule has 0 saturated heterocycles. The summed E-state index contributed by atoms with van der Waals surface area (Å²) in [6.45, 7) is 0. The van der Waals surface area contributed by atoms with E-state index >= 15 is 0 Å². The zero-order valence-corrected chi connectivity index (χ0v) is 28.6. The van der Waals surface area contributed by atoms with Crippen molar-refractivity contribution < 1.29 is 0 Å². The Hall–Kier alpha value is -5.80. The fourth-order valence-electron chi connectivity index (χ4n) is 8.00. The van der Waals surface area contributed by atoms with Gasteiger partial charge in [-0.3, -0.25) is 0 Å². The van der Waals surface area contributed by atoms with Crippen LogP contribution in [-0.4, -0.2) is 0 Å². The summed E-state index contributed by atoms with van der Waals surface area (Å²) in [5.74, 6) is 0. The average Bonchev–Trinajstić information content (AvgIpc) is 3.74. The van der Waals surface area contributed by atoms with Crippen LogP contribution in [0, 0.1) is 0 Å². The summed E-state index contributed by atoms with van der Waals surface area (Å²) in [5.41, 5.74) is 7.49. The topological polar surface area (TPSA) is 0 Å². The molecule has 0 spiro atoms. The molecule has 2 heteroatoms. The molecule has 0 aliphatic heterocycles. The standard InChI is InChI=1S/C48H28S2/c1-2-9-29(10-3-1)32-18-21-45-42(24-32)43-25-33(19-22-46(43)49-45)30-11-8-12-31(23-30)34-17-20-39-44-27-40-37-15-6-4-13-35(37)36-14-5-7-16-38(36)41(40)28-48(44)50-47(39)26-34/h1-28H. The third-order valence-corrected chi connectivity index (χ3v) is 12.7. The molecule has 11 aromatic rings. The molecule has 0 aliphatic carbocycles.